The Labute approximate surface area is 90.1 Å². The Morgan fingerprint density at radius 1 is 1.33 bits per heavy atom. The van der Waals surface area contributed by atoms with Crippen LogP contribution in [0.3, 0.4) is 0 Å². The van der Waals surface area contributed by atoms with Gasteiger partial charge in [0.05, 0.1) is 6.20 Å². The monoisotopic (exact) mass is 211 g/mol. The molecular weight excluding hydrogens is 193 g/mol. The first-order valence-electron chi connectivity index (χ1n) is 5.34. The van der Waals surface area contributed by atoms with Crippen LogP contribution in [0.25, 0.3) is 0 Å². The van der Waals surface area contributed by atoms with Crippen molar-refractivity contribution in [1.82, 2.24) is 15.6 Å². The van der Waals surface area contributed by atoms with Crippen LogP contribution in [0.5, 0.6) is 0 Å². The molecule has 1 rings (SSSR count). The zero-order valence-electron chi connectivity index (χ0n) is 9.09. The predicted octanol–water partition coefficient (Wildman–Crippen LogP) is 1.31. The highest BCUT2D eigenvalue weighted by Gasteiger charge is 1.99. The van der Waals surface area contributed by atoms with Crippen LogP contribution in [0, 0.1) is 5.82 Å². The smallest absolute Gasteiger partial charge is 0.145 e. The van der Waals surface area contributed by atoms with Gasteiger partial charge in [0.15, 0.2) is 0 Å². The first-order chi connectivity index (χ1) is 7.34. The number of nitrogens with zero attached hydrogens (tertiary/aromatic N) is 1. The van der Waals surface area contributed by atoms with Crippen molar-refractivity contribution in [2.24, 2.45) is 0 Å². The van der Waals surface area contributed by atoms with Gasteiger partial charge in [-0.05, 0) is 32.1 Å². The largest absolute Gasteiger partial charge is 0.317 e. The summed E-state index contributed by atoms with van der Waals surface area (Å²) in [6.45, 7) is 5.55. The lowest BCUT2D eigenvalue weighted by molar-refractivity contribution is 0.568. The first kappa shape index (κ1) is 12.1. The molecule has 0 saturated heterocycles. The quantitative estimate of drug-likeness (QED) is 0.668. The highest BCUT2D eigenvalue weighted by Crippen LogP contribution is 2.02. The maximum absolute atomic E-state index is 13.1. The molecule has 0 atom stereocenters. The highest BCUT2D eigenvalue weighted by molar-refractivity contribution is 5.11. The minimum absolute atomic E-state index is 0.239. The van der Waals surface area contributed by atoms with E-state index in [1.165, 1.54) is 6.20 Å². The van der Waals surface area contributed by atoms with Gasteiger partial charge in [0.25, 0.3) is 0 Å². The van der Waals surface area contributed by atoms with Gasteiger partial charge in [-0.2, -0.15) is 0 Å². The fourth-order valence-electron chi connectivity index (χ4n) is 1.29. The second-order valence-corrected chi connectivity index (χ2v) is 3.35. The molecule has 1 aromatic heterocycles. The molecule has 84 valence electrons. The minimum atomic E-state index is -0.239. The van der Waals surface area contributed by atoms with Gasteiger partial charge in [-0.1, -0.05) is 6.92 Å². The molecule has 0 spiro atoms. The van der Waals surface area contributed by atoms with Crippen LogP contribution in [-0.4, -0.2) is 24.6 Å². The second-order valence-electron chi connectivity index (χ2n) is 3.35. The van der Waals surface area contributed by atoms with E-state index in [1.54, 1.807) is 12.3 Å². The van der Waals surface area contributed by atoms with Gasteiger partial charge in [0, 0.05) is 18.3 Å². The van der Waals surface area contributed by atoms with Crippen LogP contribution in [-0.2, 0) is 6.54 Å². The average Bonchev–Trinajstić information content (AvgIpc) is 2.25. The van der Waals surface area contributed by atoms with Gasteiger partial charge in [-0.3, -0.25) is 4.98 Å². The van der Waals surface area contributed by atoms with E-state index in [2.05, 4.69) is 22.5 Å². The fourth-order valence-corrected chi connectivity index (χ4v) is 1.29. The molecule has 15 heavy (non-hydrogen) atoms. The lowest BCUT2D eigenvalue weighted by Gasteiger charge is -2.05. The van der Waals surface area contributed by atoms with E-state index in [0.717, 1.165) is 26.1 Å². The number of hydrogen-bond donors (Lipinski definition) is 2. The van der Waals surface area contributed by atoms with E-state index in [1.807, 2.05) is 0 Å². The van der Waals surface area contributed by atoms with Gasteiger partial charge >= 0.3 is 0 Å². The van der Waals surface area contributed by atoms with Gasteiger partial charge in [0.1, 0.15) is 5.82 Å². The molecule has 0 aliphatic rings. The van der Waals surface area contributed by atoms with Crippen molar-refractivity contribution in [1.29, 1.82) is 0 Å². The normalized spacial score (nSPS) is 10.5. The van der Waals surface area contributed by atoms with Crippen LogP contribution in [0.4, 0.5) is 4.39 Å². The first-order valence-corrected chi connectivity index (χ1v) is 5.34. The summed E-state index contributed by atoms with van der Waals surface area (Å²) in [4.78, 5) is 3.70. The SMILES string of the molecule is CCNCCCNCc1ccncc1F. The third-order valence-corrected chi connectivity index (χ3v) is 2.13. The zero-order chi connectivity index (χ0) is 10.9. The number of hydrogen-bond acceptors (Lipinski definition) is 3. The second kappa shape index (κ2) is 7.31. The van der Waals surface area contributed by atoms with Crippen molar-refractivity contribution in [2.45, 2.75) is 19.9 Å². The maximum atomic E-state index is 13.1. The molecule has 0 saturated carbocycles. The molecule has 0 aromatic carbocycles. The highest BCUT2D eigenvalue weighted by atomic mass is 19.1. The maximum Gasteiger partial charge on any atom is 0.145 e. The molecule has 0 amide bonds. The summed E-state index contributed by atoms with van der Waals surface area (Å²) < 4.78 is 13.1. The van der Waals surface area contributed by atoms with Gasteiger partial charge in [-0.25, -0.2) is 4.39 Å². The van der Waals surface area contributed by atoms with Crippen molar-refractivity contribution in [3.8, 4) is 0 Å². The number of aromatic nitrogens is 1. The van der Waals surface area contributed by atoms with E-state index in [-0.39, 0.29) is 5.82 Å². The molecule has 0 aliphatic heterocycles. The van der Waals surface area contributed by atoms with E-state index < -0.39 is 0 Å². The summed E-state index contributed by atoms with van der Waals surface area (Å²) in [5.41, 5.74) is 0.674. The number of pyridine rings is 1. The van der Waals surface area contributed by atoms with Crippen LogP contribution in [0.1, 0.15) is 18.9 Å². The predicted molar refractivity (Wildman–Crippen MR) is 59.1 cm³/mol. The molecule has 0 radical (unpaired) electrons. The molecule has 2 N–H and O–H groups in total. The van der Waals surface area contributed by atoms with Gasteiger partial charge < -0.3 is 10.6 Å². The topological polar surface area (TPSA) is 37.0 Å². The van der Waals surface area contributed by atoms with Gasteiger partial charge in [-0.15, -0.1) is 0 Å². The molecular formula is C11H18FN3. The van der Waals surface area contributed by atoms with Gasteiger partial charge in [0.2, 0.25) is 0 Å². The Kier molecular flexibility index (Phi) is 5.88. The third kappa shape index (κ3) is 4.85. The number of halogens is 1. The number of nitrogens with one attached hydrogen (secondary N) is 2. The van der Waals surface area contributed by atoms with E-state index >= 15 is 0 Å². The van der Waals surface area contributed by atoms with Crippen molar-refractivity contribution in [3.63, 3.8) is 0 Å². The average molecular weight is 211 g/mol. The van der Waals surface area contributed by atoms with Crippen molar-refractivity contribution in [3.05, 3.63) is 29.8 Å². The molecule has 3 nitrogen and oxygen atoms in total. The minimum Gasteiger partial charge on any atom is -0.317 e. The molecule has 4 heteroatoms. The lowest BCUT2D eigenvalue weighted by Crippen LogP contribution is -2.21. The van der Waals surface area contributed by atoms with Crippen LogP contribution >= 0.6 is 0 Å². The van der Waals surface area contributed by atoms with E-state index in [4.69, 9.17) is 0 Å². The third-order valence-electron chi connectivity index (χ3n) is 2.13. The Balaban J connectivity index is 2.12. The fraction of sp³-hybridized carbons (Fsp3) is 0.545. The molecule has 0 fully saturated rings. The molecule has 0 bridgehead atoms. The molecule has 0 unspecified atom stereocenters. The summed E-state index contributed by atoms with van der Waals surface area (Å²) >= 11 is 0. The Morgan fingerprint density at radius 3 is 2.87 bits per heavy atom. The van der Waals surface area contributed by atoms with Crippen molar-refractivity contribution < 1.29 is 4.39 Å². The standard InChI is InChI=1S/C11H18FN3/c1-2-13-5-3-6-14-8-10-4-7-15-9-11(10)12/h4,7,9,13-14H,2-3,5-6,8H2,1H3. The Bertz CT molecular complexity index is 278. The van der Waals surface area contributed by atoms with Crippen LogP contribution in [0.2, 0.25) is 0 Å². The van der Waals surface area contributed by atoms with E-state index in [9.17, 15) is 4.39 Å². The molecule has 1 aromatic rings. The molecule has 0 aliphatic carbocycles. The molecule has 1 heterocycles. The summed E-state index contributed by atoms with van der Waals surface area (Å²) in [6, 6.07) is 1.70. The summed E-state index contributed by atoms with van der Waals surface area (Å²) in [7, 11) is 0. The summed E-state index contributed by atoms with van der Waals surface area (Å²) in [5.74, 6) is -0.239. The zero-order valence-corrected chi connectivity index (χ0v) is 9.09. The van der Waals surface area contributed by atoms with E-state index in [0.29, 0.717) is 12.1 Å². The van der Waals surface area contributed by atoms with Crippen LogP contribution < -0.4 is 10.6 Å². The summed E-state index contributed by atoms with van der Waals surface area (Å²) in [6.07, 6.45) is 3.91. The summed E-state index contributed by atoms with van der Waals surface area (Å²) in [5, 5.41) is 6.43. The lowest BCUT2D eigenvalue weighted by atomic mass is 10.2. The Morgan fingerprint density at radius 2 is 2.13 bits per heavy atom. The Hall–Kier alpha value is -1.00. The van der Waals surface area contributed by atoms with Crippen molar-refractivity contribution in [2.75, 3.05) is 19.6 Å². The van der Waals surface area contributed by atoms with Crippen LogP contribution in [0.15, 0.2) is 18.5 Å². The van der Waals surface area contributed by atoms with Crippen molar-refractivity contribution >= 4 is 0 Å². The number of rotatable bonds is 7.